The first-order valence-corrected chi connectivity index (χ1v) is 9.34. The number of alkyl halides is 3. The molecule has 1 N–H and O–H groups in total. The van der Waals surface area contributed by atoms with Crippen LogP contribution in [0.5, 0.6) is 0 Å². The summed E-state index contributed by atoms with van der Waals surface area (Å²) in [6.45, 7) is 2.66. The number of benzene rings is 2. The number of para-hydroxylation sites is 1. The van der Waals surface area contributed by atoms with Crippen LogP contribution in [0.25, 0.3) is 5.69 Å². The highest BCUT2D eigenvalue weighted by atomic mass is 19.4. The van der Waals surface area contributed by atoms with Crippen LogP contribution in [0, 0.1) is 17.0 Å². The molecule has 0 aliphatic heterocycles. The van der Waals surface area contributed by atoms with Gasteiger partial charge in [-0.05, 0) is 32.0 Å². The van der Waals surface area contributed by atoms with Crippen molar-refractivity contribution >= 4 is 23.3 Å². The van der Waals surface area contributed by atoms with E-state index in [1.165, 1.54) is 11.7 Å². The van der Waals surface area contributed by atoms with Crippen molar-refractivity contribution in [3.8, 4) is 5.69 Å². The quantitative estimate of drug-likeness (QED) is 0.335. The highest BCUT2D eigenvalue weighted by Gasteiger charge is 2.36. The van der Waals surface area contributed by atoms with Crippen LogP contribution in [0.3, 0.4) is 0 Å². The fraction of sp³-hybridized carbons (Fsp3) is 0.200. The smallest absolute Gasteiger partial charge is 0.418 e. The van der Waals surface area contributed by atoms with Gasteiger partial charge in [0, 0.05) is 12.1 Å². The zero-order valence-electron chi connectivity index (χ0n) is 17.2. The number of amides is 1. The van der Waals surface area contributed by atoms with Crippen LogP contribution in [0.15, 0.2) is 48.5 Å². The number of nitro benzene ring substituents is 1. The molecular weight excluding hydrogens is 447 g/mol. The van der Waals surface area contributed by atoms with Gasteiger partial charge >= 0.3 is 12.1 Å². The lowest BCUT2D eigenvalue weighted by Gasteiger charge is -2.16. The van der Waals surface area contributed by atoms with Crippen molar-refractivity contribution in [1.82, 2.24) is 15.0 Å². The van der Waals surface area contributed by atoms with Gasteiger partial charge in [0.2, 0.25) is 0 Å². The third kappa shape index (κ3) is 5.31. The van der Waals surface area contributed by atoms with E-state index in [0.29, 0.717) is 11.8 Å². The Morgan fingerprint density at radius 2 is 1.82 bits per heavy atom. The molecule has 1 heterocycles. The van der Waals surface area contributed by atoms with Crippen molar-refractivity contribution in [1.29, 1.82) is 0 Å². The molecule has 10 nitrogen and oxygen atoms in total. The molecule has 3 aromatic rings. The topological polar surface area (TPSA) is 129 Å². The minimum atomic E-state index is -4.97. The Bertz CT molecular complexity index is 1210. The maximum atomic E-state index is 13.3. The van der Waals surface area contributed by atoms with E-state index >= 15 is 0 Å². The van der Waals surface area contributed by atoms with Gasteiger partial charge in [0.25, 0.3) is 11.6 Å². The maximum Gasteiger partial charge on any atom is 0.418 e. The predicted octanol–water partition coefficient (Wildman–Crippen LogP) is 3.69. The van der Waals surface area contributed by atoms with E-state index in [1.54, 1.807) is 30.3 Å². The number of anilines is 1. The first kappa shape index (κ1) is 23.4. The molecule has 0 radical (unpaired) electrons. The van der Waals surface area contributed by atoms with Gasteiger partial charge < -0.3 is 10.1 Å². The fourth-order valence-corrected chi connectivity index (χ4v) is 2.74. The molecule has 0 spiro atoms. The number of halogens is 3. The number of carbonyl (C=O) groups excluding carboxylic acids is 2. The van der Waals surface area contributed by atoms with Crippen LogP contribution in [-0.4, -0.2) is 37.9 Å². The van der Waals surface area contributed by atoms with Crippen molar-refractivity contribution in [3.05, 3.63) is 75.6 Å². The number of hydrogen-bond donors (Lipinski definition) is 1. The van der Waals surface area contributed by atoms with E-state index in [-0.39, 0.29) is 11.4 Å². The van der Waals surface area contributed by atoms with E-state index in [1.807, 2.05) is 5.32 Å². The van der Waals surface area contributed by atoms with Crippen LogP contribution < -0.4 is 5.32 Å². The summed E-state index contributed by atoms with van der Waals surface area (Å²) < 4.78 is 44.9. The zero-order valence-corrected chi connectivity index (χ0v) is 17.2. The summed E-state index contributed by atoms with van der Waals surface area (Å²) in [5.41, 5.74) is -2.31. The number of nitrogens with zero attached hydrogens (tertiary/aromatic N) is 4. The Labute approximate surface area is 184 Å². The number of aromatic nitrogens is 3. The molecule has 13 heteroatoms. The number of carbonyl (C=O) groups is 2. The predicted molar refractivity (Wildman–Crippen MR) is 108 cm³/mol. The molecule has 0 aliphatic carbocycles. The average molecular weight is 463 g/mol. The molecule has 0 aliphatic rings. The molecule has 172 valence electrons. The van der Waals surface area contributed by atoms with Crippen LogP contribution in [0.4, 0.5) is 24.5 Å². The Hall–Kier alpha value is -4.29. The molecule has 3 rings (SSSR count). The van der Waals surface area contributed by atoms with Crippen molar-refractivity contribution in [2.24, 2.45) is 0 Å². The number of rotatable bonds is 6. The molecule has 2 aromatic carbocycles. The second-order valence-electron chi connectivity index (χ2n) is 6.78. The summed E-state index contributed by atoms with van der Waals surface area (Å²) in [6, 6.07) is 10.5. The number of nitrogens with one attached hydrogen (secondary N) is 1. The van der Waals surface area contributed by atoms with Crippen molar-refractivity contribution in [3.63, 3.8) is 0 Å². The highest BCUT2D eigenvalue weighted by molar-refractivity contribution is 5.97. The Balaban J connectivity index is 1.75. The molecule has 33 heavy (non-hydrogen) atoms. The van der Waals surface area contributed by atoms with Gasteiger partial charge in [-0.2, -0.15) is 23.1 Å². The molecule has 1 atom stereocenters. The molecule has 1 unspecified atom stereocenters. The van der Waals surface area contributed by atoms with Crippen LogP contribution in [0.1, 0.15) is 28.7 Å². The molecule has 0 bridgehead atoms. The lowest BCUT2D eigenvalue weighted by Crippen LogP contribution is -2.31. The van der Waals surface area contributed by atoms with E-state index in [4.69, 9.17) is 4.74 Å². The first-order valence-electron chi connectivity index (χ1n) is 9.34. The van der Waals surface area contributed by atoms with Gasteiger partial charge in [0.15, 0.2) is 11.8 Å². The Morgan fingerprint density at radius 3 is 2.42 bits per heavy atom. The monoisotopic (exact) mass is 463 g/mol. The van der Waals surface area contributed by atoms with Crippen LogP contribution in [0.2, 0.25) is 0 Å². The summed E-state index contributed by atoms with van der Waals surface area (Å²) >= 11 is 0. The van der Waals surface area contributed by atoms with Gasteiger partial charge in [-0.1, -0.05) is 18.2 Å². The Kier molecular flexibility index (Phi) is 6.42. The molecule has 1 aromatic heterocycles. The number of nitro groups is 1. The number of ether oxygens (including phenoxy) is 1. The second kappa shape index (κ2) is 9.06. The minimum Gasteiger partial charge on any atom is -0.448 e. The van der Waals surface area contributed by atoms with Gasteiger partial charge in [-0.3, -0.25) is 14.9 Å². The highest BCUT2D eigenvalue weighted by Crippen LogP contribution is 2.37. The number of aryl methyl sites for hydroxylation is 1. The maximum absolute atomic E-state index is 13.3. The SMILES string of the molecule is Cc1nn(-c2ccccc2)nc1C(=O)OC(C)C(=O)Nc1ccc([N+](=O)[O-])cc1C(F)(F)F. The lowest BCUT2D eigenvalue weighted by molar-refractivity contribution is -0.385. The number of hydrogen-bond acceptors (Lipinski definition) is 7. The first-order chi connectivity index (χ1) is 15.5. The molecule has 0 saturated carbocycles. The van der Waals surface area contributed by atoms with Crippen LogP contribution >= 0.6 is 0 Å². The molecule has 1 amide bonds. The molecule has 0 fully saturated rings. The van der Waals surface area contributed by atoms with Gasteiger partial charge in [-0.15, -0.1) is 5.10 Å². The molecular formula is C20H16F3N5O5. The van der Waals surface area contributed by atoms with E-state index in [2.05, 4.69) is 10.2 Å². The Morgan fingerprint density at radius 1 is 1.15 bits per heavy atom. The van der Waals surface area contributed by atoms with Gasteiger partial charge in [-0.25, -0.2) is 4.79 Å². The van der Waals surface area contributed by atoms with Gasteiger partial charge in [0.1, 0.15) is 0 Å². The van der Waals surface area contributed by atoms with E-state index in [9.17, 15) is 32.9 Å². The second-order valence-corrected chi connectivity index (χ2v) is 6.78. The number of esters is 1. The van der Waals surface area contributed by atoms with Crippen molar-refractivity contribution in [2.45, 2.75) is 26.1 Å². The van der Waals surface area contributed by atoms with E-state index in [0.717, 1.165) is 19.1 Å². The average Bonchev–Trinajstić information content (AvgIpc) is 3.15. The summed E-state index contributed by atoms with van der Waals surface area (Å²) in [4.78, 5) is 35.8. The summed E-state index contributed by atoms with van der Waals surface area (Å²) in [7, 11) is 0. The lowest BCUT2D eigenvalue weighted by atomic mass is 10.1. The minimum absolute atomic E-state index is 0.176. The van der Waals surface area contributed by atoms with Crippen molar-refractivity contribution < 1.29 is 32.4 Å². The standard InChI is InChI=1S/C20H16F3N5O5/c1-11-17(26-27(25-11)13-6-4-3-5-7-13)19(30)33-12(2)18(29)24-16-9-8-14(28(31)32)10-15(16)20(21,22)23/h3-10,12H,1-2H3,(H,24,29). The van der Waals surface area contributed by atoms with Crippen LogP contribution in [-0.2, 0) is 15.7 Å². The fourth-order valence-electron chi connectivity index (χ4n) is 2.74. The van der Waals surface area contributed by atoms with Gasteiger partial charge in [0.05, 0.1) is 27.6 Å². The third-order valence-electron chi connectivity index (χ3n) is 4.39. The molecule has 0 saturated heterocycles. The summed E-state index contributed by atoms with van der Waals surface area (Å²) in [6.07, 6.45) is -6.48. The largest absolute Gasteiger partial charge is 0.448 e. The normalized spacial score (nSPS) is 12.2. The number of non-ortho nitro benzene ring substituents is 1. The summed E-state index contributed by atoms with van der Waals surface area (Å²) in [5, 5.41) is 20.9. The summed E-state index contributed by atoms with van der Waals surface area (Å²) in [5.74, 6) is -2.08. The third-order valence-corrected chi connectivity index (χ3v) is 4.39. The van der Waals surface area contributed by atoms with Crippen molar-refractivity contribution in [2.75, 3.05) is 5.32 Å². The van der Waals surface area contributed by atoms with E-state index < -0.39 is 46.0 Å². The zero-order chi connectivity index (χ0) is 24.3.